The minimum Gasteiger partial charge on any atom is -0.322 e. The fraction of sp³-hybridized carbons (Fsp3) is 0.353. The van der Waals surface area contributed by atoms with Crippen molar-refractivity contribution in [3.8, 4) is 0 Å². The molecule has 0 spiro atoms. The molecule has 0 radical (unpaired) electrons. The fourth-order valence-electron chi connectivity index (χ4n) is 2.75. The molecular formula is C17H21FN2S. The van der Waals surface area contributed by atoms with Gasteiger partial charge < -0.3 is 4.57 Å². The van der Waals surface area contributed by atoms with Gasteiger partial charge in [0, 0.05) is 34.1 Å². The van der Waals surface area contributed by atoms with Gasteiger partial charge in [0.2, 0.25) is 0 Å². The molecule has 0 aromatic carbocycles. The summed E-state index contributed by atoms with van der Waals surface area (Å²) < 4.78 is 15.2. The van der Waals surface area contributed by atoms with E-state index in [0.29, 0.717) is 11.4 Å². The van der Waals surface area contributed by atoms with E-state index in [-0.39, 0.29) is 12.1 Å². The number of aromatic nitrogens is 1. The molecule has 21 heavy (non-hydrogen) atoms. The Hall–Kier alpha value is -1.55. The summed E-state index contributed by atoms with van der Waals surface area (Å²) in [7, 11) is 0. The Kier molecular flexibility index (Phi) is 4.88. The molecule has 0 saturated heterocycles. The molecule has 0 unspecified atom stereocenters. The molecule has 0 N–H and O–H groups in total. The average Bonchev–Trinajstić information content (AvgIpc) is 2.79. The topological polar surface area (TPSA) is 17.3 Å². The number of allylic oxidation sites excluding steroid dienone is 5. The van der Waals surface area contributed by atoms with Crippen molar-refractivity contribution in [2.75, 3.05) is 6.54 Å². The van der Waals surface area contributed by atoms with Crippen LogP contribution in [-0.2, 0) is 0 Å². The number of aryl methyl sites for hydroxylation is 2. The van der Waals surface area contributed by atoms with Gasteiger partial charge in [-0.05, 0) is 64.5 Å². The average molecular weight is 304 g/mol. The molecule has 1 heterocycles. The molecule has 1 aromatic rings. The monoisotopic (exact) mass is 304 g/mol. The first-order valence-electron chi connectivity index (χ1n) is 7.09. The second-order valence-electron chi connectivity index (χ2n) is 5.22. The van der Waals surface area contributed by atoms with Crippen LogP contribution in [-0.4, -0.2) is 16.8 Å². The highest BCUT2D eigenvalue weighted by atomic mass is 32.2. The maximum atomic E-state index is 13.0. The molecule has 1 aliphatic rings. The Morgan fingerprint density at radius 1 is 1.19 bits per heavy atom. The van der Waals surface area contributed by atoms with Crippen molar-refractivity contribution in [2.24, 2.45) is 4.99 Å². The highest BCUT2D eigenvalue weighted by molar-refractivity contribution is 7.98. The van der Waals surface area contributed by atoms with Crippen LogP contribution in [0.15, 0.2) is 45.3 Å². The van der Waals surface area contributed by atoms with Gasteiger partial charge in [-0.3, -0.25) is 4.99 Å². The summed E-state index contributed by atoms with van der Waals surface area (Å²) in [5.41, 5.74) is 6.39. The Morgan fingerprint density at radius 3 is 2.33 bits per heavy atom. The molecule has 1 aromatic heterocycles. The zero-order valence-electron chi connectivity index (χ0n) is 13.2. The Balaban J connectivity index is 2.67. The summed E-state index contributed by atoms with van der Waals surface area (Å²) in [6, 6.07) is 4.19. The van der Waals surface area contributed by atoms with Crippen LogP contribution in [0.2, 0.25) is 0 Å². The van der Waals surface area contributed by atoms with Crippen LogP contribution in [0, 0.1) is 13.8 Å². The van der Waals surface area contributed by atoms with Crippen molar-refractivity contribution in [1.82, 2.24) is 4.57 Å². The van der Waals surface area contributed by atoms with E-state index in [4.69, 9.17) is 0 Å². The Labute approximate surface area is 130 Å². The van der Waals surface area contributed by atoms with Gasteiger partial charge in [0.05, 0.1) is 17.9 Å². The standard InChI is InChI=1S/C17H21FN2S/c1-6-19-17-11(2)9-15(21-18)10-16(17)14(5)20-12(3)7-8-13(20)4/h7-10H,6H2,1-5H3/b16-14-,19-17-. The number of hydrogen-bond acceptors (Lipinski definition) is 2. The lowest BCUT2D eigenvalue weighted by molar-refractivity contribution is 0.944. The first-order valence-corrected chi connectivity index (χ1v) is 7.81. The van der Waals surface area contributed by atoms with Gasteiger partial charge in [-0.15, -0.1) is 0 Å². The minimum absolute atomic E-state index is 0.283. The lowest BCUT2D eigenvalue weighted by Gasteiger charge is -2.20. The number of rotatable bonds is 3. The third-order valence-corrected chi connectivity index (χ3v) is 4.09. The second kappa shape index (κ2) is 6.48. The highest BCUT2D eigenvalue weighted by Crippen LogP contribution is 2.31. The van der Waals surface area contributed by atoms with Crippen LogP contribution in [0.1, 0.15) is 32.2 Å². The highest BCUT2D eigenvalue weighted by Gasteiger charge is 2.18. The third-order valence-electron chi connectivity index (χ3n) is 3.68. The molecule has 0 amide bonds. The van der Waals surface area contributed by atoms with Gasteiger partial charge >= 0.3 is 0 Å². The minimum atomic E-state index is 0.283. The lowest BCUT2D eigenvalue weighted by atomic mass is 9.96. The zero-order valence-corrected chi connectivity index (χ0v) is 14.0. The molecule has 0 fully saturated rings. The van der Waals surface area contributed by atoms with Gasteiger partial charge in [0.25, 0.3) is 0 Å². The molecule has 2 nitrogen and oxygen atoms in total. The zero-order chi connectivity index (χ0) is 15.6. The van der Waals surface area contributed by atoms with Crippen LogP contribution < -0.4 is 0 Å². The van der Waals surface area contributed by atoms with Crippen LogP contribution in [0.3, 0.4) is 0 Å². The van der Waals surface area contributed by atoms with Gasteiger partial charge in [0.15, 0.2) is 0 Å². The molecule has 2 rings (SSSR count). The second-order valence-corrected chi connectivity index (χ2v) is 5.85. The normalized spacial score (nSPS) is 19.6. The van der Waals surface area contributed by atoms with E-state index in [0.717, 1.165) is 22.6 Å². The fourth-order valence-corrected chi connectivity index (χ4v) is 3.14. The van der Waals surface area contributed by atoms with Crippen LogP contribution in [0.5, 0.6) is 0 Å². The SMILES string of the molecule is CC/N=C1/C(C)=CC(SF)=C/C1=C(\C)n1c(C)ccc1C. The number of hydrogen-bond donors (Lipinski definition) is 0. The molecule has 0 bridgehead atoms. The van der Waals surface area contributed by atoms with E-state index in [1.54, 1.807) is 0 Å². The predicted octanol–water partition coefficient (Wildman–Crippen LogP) is 5.26. The van der Waals surface area contributed by atoms with Crippen LogP contribution >= 0.6 is 12.1 Å². The van der Waals surface area contributed by atoms with Crippen LogP contribution in [0.4, 0.5) is 3.89 Å². The quantitative estimate of drug-likeness (QED) is 0.744. The van der Waals surface area contributed by atoms with Gasteiger partial charge in [0.1, 0.15) is 0 Å². The molecular weight excluding hydrogens is 283 g/mol. The Bertz CT molecular complexity index is 655. The van der Waals surface area contributed by atoms with Crippen molar-refractivity contribution in [3.05, 3.63) is 51.7 Å². The van der Waals surface area contributed by atoms with E-state index in [2.05, 4.69) is 42.5 Å². The summed E-state index contributed by atoms with van der Waals surface area (Å²) in [5, 5.41) is 0. The summed E-state index contributed by atoms with van der Waals surface area (Å²) >= 11 is 0.283. The molecule has 112 valence electrons. The van der Waals surface area contributed by atoms with Crippen LogP contribution in [0.25, 0.3) is 5.70 Å². The van der Waals surface area contributed by atoms with E-state index in [9.17, 15) is 3.89 Å². The summed E-state index contributed by atoms with van der Waals surface area (Å²) in [4.78, 5) is 5.23. The predicted molar refractivity (Wildman–Crippen MR) is 91.3 cm³/mol. The number of halogens is 1. The van der Waals surface area contributed by atoms with Crippen molar-refractivity contribution < 1.29 is 3.89 Å². The molecule has 0 atom stereocenters. The summed E-state index contributed by atoms with van der Waals surface area (Å²) in [6.45, 7) is 10.9. The lowest BCUT2D eigenvalue weighted by Crippen LogP contribution is -2.13. The van der Waals surface area contributed by atoms with E-state index in [1.807, 2.05) is 26.0 Å². The van der Waals surface area contributed by atoms with E-state index >= 15 is 0 Å². The maximum absolute atomic E-state index is 13.0. The number of nitrogens with zero attached hydrogens (tertiary/aromatic N) is 2. The van der Waals surface area contributed by atoms with E-state index in [1.165, 1.54) is 11.4 Å². The first kappa shape index (κ1) is 15.8. The smallest absolute Gasteiger partial charge is 0.0812 e. The first-order chi connectivity index (χ1) is 9.99. The van der Waals surface area contributed by atoms with Crippen molar-refractivity contribution in [1.29, 1.82) is 0 Å². The molecule has 1 aliphatic carbocycles. The van der Waals surface area contributed by atoms with Gasteiger partial charge in [-0.2, -0.15) is 3.89 Å². The summed E-state index contributed by atoms with van der Waals surface area (Å²) in [6.07, 6.45) is 3.74. The Morgan fingerprint density at radius 2 is 1.81 bits per heavy atom. The molecule has 4 heteroatoms. The molecule has 0 saturated carbocycles. The van der Waals surface area contributed by atoms with Gasteiger partial charge in [-0.25, -0.2) is 0 Å². The number of aliphatic imine (C=N–C) groups is 1. The maximum Gasteiger partial charge on any atom is 0.0812 e. The van der Waals surface area contributed by atoms with Crippen molar-refractivity contribution >= 4 is 23.6 Å². The van der Waals surface area contributed by atoms with Gasteiger partial charge in [-0.1, -0.05) is 0 Å². The molecule has 0 aliphatic heterocycles. The van der Waals surface area contributed by atoms with Crippen molar-refractivity contribution in [2.45, 2.75) is 34.6 Å². The van der Waals surface area contributed by atoms with Crippen molar-refractivity contribution in [3.63, 3.8) is 0 Å². The summed E-state index contributed by atoms with van der Waals surface area (Å²) in [5.74, 6) is 0. The largest absolute Gasteiger partial charge is 0.322 e. The van der Waals surface area contributed by atoms with E-state index < -0.39 is 0 Å². The third kappa shape index (κ3) is 3.05.